The summed E-state index contributed by atoms with van der Waals surface area (Å²) in [7, 11) is 1.76. The molecule has 0 atom stereocenters. The Morgan fingerprint density at radius 2 is 1.72 bits per heavy atom. The molecule has 0 saturated carbocycles. The molecule has 3 aromatic rings. The number of nitrogens with two attached hydrogens (primary N) is 1. The van der Waals surface area contributed by atoms with Gasteiger partial charge in [-0.1, -0.05) is 36.1 Å². The lowest BCUT2D eigenvalue weighted by Crippen LogP contribution is -2.15. The van der Waals surface area contributed by atoms with Crippen molar-refractivity contribution >= 4 is 11.7 Å². The Kier molecular flexibility index (Phi) is 6.35. The SMILES string of the molecule is CNc1c(C(=N)N)c(C#Cc2cc(-c3cccc(C(F)(F)F)c3)ccc2C)cn1C(C)C. The van der Waals surface area contributed by atoms with Crippen LogP contribution in [-0.4, -0.2) is 17.5 Å². The average molecular weight is 438 g/mol. The van der Waals surface area contributed by atoms with Gasteiger partial charge in [0, 0.05) is 24.8 Å². The monoisotopic (exact) mass is 438 g/mol. The normalized spacial score (nSPS) is 11.2. The number of aromatic nitrogens is 1. The minimum atomic E-state index is -4.40. The third-order valence-electron chi connectivity index (χ3n) is 5.19. The van der Waals surface area contributed by atoms with Crippen molar-refractivity contribution in [1.29, 1.82) is 5.41 Å². The molecule has 0 unspecified atom stereocenters. The quantitative estimate of drug-likeness (QED) is 0.274. The van der Waals surface area contributed by atoms with Gasteiger partial charge in [-0.3, -0.25) is 5.41 Å². The molecule has 0 aliphatic rings. The molecule has 0 amide bonds. The molecule has 4 N–H and O–H groups in total. The van der Waals surface area contributed by atoms with E-state index < -0.39 is 11.7 Å². The number of halogens is 3. The van der Waals surface area contributed by atoms with Gasteiger partial charge in [-0.15, -0.1) is 0 Å². The van der Waals surface area contributed by atoms with Gasteiger partial charge in [0.25, 0.3) is 0 Å². The Balaban J connectivity index is 2.08. The standard InChI is InChI=1S/C25H25F3N4/c1-15(2)32-14-20(22(23(29)30)24(32)31-4)11-10-17-12-19(9-8-16(17)3)18-6-5-7-21(13-18)25(26,27)28/h5-9,12-15,31H,1-4H3,(H3,29,30). The largest absolute Gasteiger partial charge is 0.416 e. The Hall–Kier alpha value is -3.66. The van der Waals surface area contributed by atoms with Gasteiger partial charge < -0.3 is 15.6 Å². The summed E-state index contributed by atoms with van der Waals surface area (Å²) in [5, 5.41) is 11.1. The fourth-order valence-electron chi connectivity index (χ4n) is 3.50. The molecule has 3 rings (SSSR count). The van der Waals surface area contributed by atoms with Crippen molar-refractivity contribution in [3.05, 3.63) is 76.5 Å². The van der Waals surface area contributed by atoms with Gasteiger partial charge in [-0.05, 0) is 55.7 Å². The number of rotatable bonds is 4. The van der Waals surface area contributed by atoms with Gasteiger partial charge in [-0.2, -0.15) is 13.2 Å². The van der Waals surface area contributed by atoms with E-state index in [0.29, 0.717) is 33.6 Å². The van der Waals surface area contributed by atoms with E-state index in [-0.39, 0.29) is 11.9 Å². The molecular weight excluding hydrogens is 413 g/mol. The van der Waals surface area contributed by atoms with E-state index in [9.17, 15) is 13.2 Å². The van der Waals surface area contributed by atoms with Crippen LogP contribution in [0.4, 0.5) is 19.0 Å². The predicted octanol–water partition coefficient (Wildman–Crippen LogP) is 5.79. The first-order chi connectivity index (χ1) is 15.0. The van der Waals surface area contributed by atoms with E-state index in [1.807, 2.05) is 37.6 Å². The molecule has 0 aliphatic carbocycles. The van der Waals surface area contributed by atoms with Crippen LogP contribution in [0.5, 0.6) is 0 Å². The molecule has 1 aromatic heterocycles. The van der Waals surface area contributed by atoms with Gasteiger partial charge in [0.15, 0.2) is 0 Å². The summed E-state index contributed by atoms with van der Waals surface area (Å²) in [6.45, 7) is 5.93. The van der Waals surface area contributed by atoms with E-state index in [4.69, 9.17) is 11.1 Å². The molecule has 0 saturated heterocycles. The highest BCUT2D eigenvalue weighted by Crippen LogP contribution is 2.32. The zero-order chi connectivity index (χ0) is 23.6. The molecule has 2 aromatic carbocycles. The maximum atomic E-state index is 13.1. The molecule has 1 heterocycles. The fraction of sp³-hybridized carbons (Fsp3) is 0.240. The van der Waals surface area contributed by atoms with Crippen LogP contribution in [0.25, 0.3) is 11.1 Å². The number of alkyl halides is 3. The minimum Gasteiger partial charge on any atom is -0.384 e. The van der Waals surface area contributed by atoms with Crippen molar-refractivity contribution in [1.82, 2.24) is 4.57 Å². The van der Waals surface area contributed by atoms with Crippen molar-refractivity contribution < 1.29 is 13.2 Å². The number of hydrogen-bond acceptors (Lipinski definition) is 2. The Labute approximate surface area is 185 Å². The summed E-state index contributed by atoms with van der Waals surface area (Å²) in [6, 6.07) is 10.8. The summed E-state index contributed by atoms with van der Waals surface area (Å²) in [4.78, 5) is 0. The van der Waals surface area contributed by atoms with Crippen molar-refractivity contribution in [3.63, 3.8) is 0 Å². The molecule has 0 spiro atoms. The summed E-state index contributed by atoms with van der Waals surface area (Å²) in [5.74, 6) is 6.85. The van der Waals surface area contributed by atoms with Crippen LogP contribution in [-0.2, 0) is 6.18 Å². The van der Waals surface area contributed by atoms with Gasteiger partial charge in [0.2, 0.25) is 0 Å². The molecular formula is C25H25F3N4. The number of benzene rings is 2. The first-order valence-electron chi connectivity index (χ1n) is 10.1. The first-order valence-corrected chi connectivity index (χ1v) is 10.1. The van der Waals surface area contributed by atoms with Crippen molar-refractivity contribution in [2.24, 2.45) is 5.73 Å². The van der Waals surface area contributed by atoms with E-state index in [1.54, 1.807) is 25.2 Å². The predicted molar refractivity (Wildman–Crippen MR) is 123 cm³/mol. The van der Waals surface area contributed by atoms with Gasteiger partial charge >= 0.3 is 6.18 Å². The Bertz CT molecular complexity index is 1220. The average Bonchev–Trinajstić information content (AvgIpc) is 3.12. The lowest BCUT2D eigenvalue weighted by Gasteiger charge is -2.13. The molecule has 7 heteroatoms. The number of nitrogens with one attached hydrogen (secondary N) is 2. The highest BCUT2D eigenvalue weighted by atomic mass is 19.4. The van der Waals surface area contributed by atoms with Crippen LogP contribution < -0.4 is 11.1 Å². The van der Waals surface area contributed by atoms with Crippen LogP contribution in [0, 0.1) is 24.2 Å². The molecule has 166 valence electrons. The molecule has 0 fully saturated rings. The highest BCUT2D eigenvalue weighted by Gasteiger charge is 2.30. The topological polar surface area (TPSA) is 66.8 Å². The maximum Gasteiger partial charge on any atom is 0.416 e. The van der Waals surface area contributed by atoms with E-state index >= 15 is 0 Å². The molecule has 32 heavy (non-hydrogen) atoms. The van der Waals surface area contributed by atoms with Crippen molar-refractivity contribution in [3.8, 4) is 23.0 Å². The zero-order valence-electron chi connectivity index (χ0n) is 18.4. The van der Waals surface area contributed by atoms with Crippen LogP contribution in [0.2, 0.25) is 0 Å². The second kappa shape index (κ2) is 8.83. The van der Waals surface area contributed by atoms with Gasteiger partial charge in [0.1, 0.15) is 11.7 Å². The smallest absolute Gasteiger partial charge is 0.384 e. The van der Waals surface area contributed by atoms with Gasteiger partial charge in [-0.25, -0.2) is 0 Å². The van der Waals surface area contributed by atoms with E-state index in [1.165, 1.54) is 6.07 Å². The third kappa shape index (κ3) is 4.65. The molecule has 0 bridgehead atoms. The number of amidine groups is 1. The summed E-state index contributed by atoms with van der Waals surface area (Å²) in [6.07, 6.45) is -2.55. The van der Waals surface area contributed by atoms with E-state index in [0.717, 1.165) is 17.7 Å². The second-order valence-corrected chi connectivity index (χ2v) is 7.79. The maximum absolute atomic E-state index is 13.1. The fourth-order valence-corrected chi connectivity index (χ4v) is 3.50. The van der Waals surface area contributed by atoms with Gasteiger partial charge in [0.05, 0.1) is 16.7 Å². The number of hydrogen-bond donors (Lipinski definition) is 3. The van der Waals surface area contributed by atoms with Crippen LogP contribution in [0.15, 0.2) is 48.7 Å². The highest BCUT2D eigenvalue weighted by molar-refractivity contribution is 6.02. The lowest BCUT2D eigenvalue weighted by atomic mass is 9.98. The number of anilines is 1. The lowest BCUT2D eigenvalue weighted by molar-refractivity contribution is -0.137. The van der Waals surface area contributed by atoms with Crippen molar-refractivity contribution in [2.45, 2.75) is 33.0 Å². The van der Waals surface area contributed by atoms with Crippen LogP contribution in [0.3, 0.4) is 0 Å². The number of nitrogens with zero attached hydrogens (tertiary/aromatic N) is 1. The van der Waals surface area contributed by atoms with Crippen molar-refractivity contribution in [2.75, 3.05) is 12.4 Å². The minimum absolute atomic E-state index is 0.0903. The summed E-state index contributed by atoms with van der Waals surface area (Å²) >= 11 is 0. The number of nitrogen functional groups attached to an aromatic ring is 1. The molecule has 0 radical (unpaired) electrons. The number of aryl methyl sites for hydroxylation is 1. The third-order valence-corrected chi connectivity index (χ3v) is 5.19. The molecule has 4 nitrogen and oxygen atoms in total. The van der Waals surface area contributed by atoms with Crippen LogP contribution >= 0.6 is 0 Å². The second-order valence-electron chi connectivity index (χ2n) is 7.79. The zero-order valence-corrected chi connectivity index (χ0v) is 18.4. The Morgan fingerprint density at radius 3 is 2.31 bits per heavy atom. The summed E-state index contributed by atoms with van der Waals surface area (Å²) in [5.41, 5.74) is 8.98. The van der Waals surface area contributed by atoms with E-state index in [2.05, 4.69) is 17.2 Å². The Morgan fingerprint density at radius 1 is 1.06 bits per heavy atom. The first kappa shape index (κ1) is 23.0. The molecule has 0 aliphatic heterocycles. The summed E-state index contributed by atoms with van der Waals surface area (Å²) < 4.78 is 41.3. The van der Waals surface area contributed by atoms with Crippen LogP contribution in [0.1, 0.15) is 47.7 Å².